The first-order valence-corrected chi connectivity index (χ1v) is 6.69. The maximum absolute atomic E-state index is 10.1. The average molecular weight is 335 g/mol. The molecular weight excluding hydrogens is 311 g/mol. The summed E-state index contributed by atoms with van der Waals surface area (Å²) in [6.45, 7) is 9.75. The van der Waals surface area contributed by atoms with Crippen LogP contribution in [-0.2, 0) is 0 Å². The fraction of sp³-hybridized carbons (Fsp3) is 0.467. The van der Waals surface area contributed by atoms with Crippen molar-refractivity contribution in [3.05, 3.63) is 35.9 Å². The Balaban J connectivity index is 0.00000200. The number of phenolic OH excluding ortho intramolecular Hbond substituents is 2. The van der Waals surface area contributed by atoms with E-state index in [1.807, 2.05) is 6.92 Å². The lowest BCUT2D eigenvalue weighted by Gasteiger charge is -2.35. The van der Waals surface area contributed by atoms with Crippen LogP contribution in [0, 0.1) is 0 Å². The average Bonchev–Trinajstić information content (AvgIpc) is 2.40. The Morgan fingerprint density at radius 2 is 1.90 bits per heavy atom. The van der Waals surface area contributed by atoms with Gasteiger partial charge in [-0.15, -0.1) is 31.4 Å². The van der Waals surface area contributed by atoms with Gasteiger partial charge < -0.3 is 15.5 Å². The third-order valence-electron chi connectivity index (χ3n) is 3.50. The van der Waals surface area contributed by atoms with Crippen LogP contribution >= 0.6 is 24.8 Å². The van der Waals surface area contributed by atoms with Gasteiger partial charge in [0.15, 0.2) is 0 Å². The highest BCUT2D eigenvalue weighted by Gasteiger charge is 2.24. The molecule has 0 spiro atoms. The maximum Gasteiger partial charge on any atom is 0.120 e. The van der Waals surface area contributed by atoms with E-state index in [9.17, 15) is 10.2 Å². The van der Waals surface area contributed by atoms with Crippen LogP contribution in [0.1, 0.15) is 24.9 Å². The number of halogens is 2. The summed E-state index contributed by atoms with van der Waals surface area (Å²) in [4.78, 5) is 2.33. The molecule has 0 bridgehead atoms. The van der Waals surface area contributed by atoms with Crippen molar-refractivity contribution in [2.45, 2.75) is 19.4 Å². The smallest absolute Gasteiger partial charge is 0.120 e. The summed E-state index contributed by atoms with van der Waals surface area (Å²) >= 11 is 0. The number of nitrogens with zero attached hydrogens (tertiary/aromatic N) is 1. The molecule has 1 atom stereocenters. The quantitative estimate of drug-likeness (QED) is 0.585. The standard InChI is InChI=1S/C15H22N2O2.2ClH/c1-11(2)9-14(17-7-5-16-6-8-17)13-10-12(18)3-4-15(13)19;;/h3-4,10,14,16,18-19H,1,5-9H2,2H3;2*1H/t14-;;/m0../s1. The van der Waals surface area contributed by atoms with Crippen molar-refractivity contribution in [1.82, 2.24) is 10.2 Å². The number of phenols is 2. The minimum atomic E-state index is 0. The number of hydrogen-bond acceptors (Lipinski definition) is 4. The van der Waals surface area contributed by atoms with Crippen LogP contribution < -0.4 is 5.32 Å². The highest BCUT2D eigenvalue weighted by atomic mass is 35.5. The van der Waals surface area contributed by atoms with Crippen LogP contribution in [0.15, 0.2) is 30.4 Å². The summed E-state index contributed by atoms with van der Waals surface area (Å²) in [7, 11) is 0. The van der Waals surface area contributed by atoms with Crippen LogP contribution in [0.3, 0.4) is 0 Å². The van der Waals surface area contributed by atoms with Crippen molar-refractivity contribution in [2.75, 3.05) is 26.2 Å². The number of aromatic hydroxyl groups is 2. The fourth-order valence-electron chi connectivity index (χ4n) is 2.57. The Bertz CT molecular complexity index is 463. The van der Waals surface area contributed by atoms with Gasteiger partial charge in [-0.1, -0.05) is 5.57 Å². The van der Waals surface area contributed by atoms with E-state index in [0.717, 1.165) is 43.7 Å². The second kappa shape index (κ2) is 9.15. The number of rotatable bonds is 4. The molecule has 1 aromatic carbocycles. The number of piperazine rings is 1. The van der Waals surface area contributed by atoms with Gasteiger partial charge in [0.05, 0.1) is 0 Å². The molecule has 0 radical (unpaired) electrons. The van der Waals surface area contributed by atoms with Gasteiger partial charge >= 0.3 is 0 Å². The SMILES string of the molecule is C=C(C)C[C@@H](c1cc(O)ccc1O)N1CCNCC1.Cl.Cl. The minimum Gasteiger partial charge on any atom is -0.508 e. The molecule has 6 heteroatoms. The largest absolute Gasteiger partial charge is 0.508 e. The molecule has 1 fully saturated rings. The Morgan fingerprint density at radius 3 is 2.48 bits per heavy atom. The molecule has 0 saturated carbocycles. The monoisotopic (exact) mass is 334 g/mol. The molecule has 0 amide bonds. The highest BCUT2D eigenvalue weighted by molar-refractivity contribution is 5.85. The molecule has 3 N–H and O–H groups in total. The van der Waals surface area contributed by atoms with E-state index < -0.39 is 0 Å². The first kappa shape index (κ1) is 20.1. The van der Waals surface area contributed by atoms with Crippen molar-refractivity contribution >= 4 is 24.8 Å². The third-order valence-corrected chi connectivity index (χ3v) is 3.50. The topological polar surface area (TPSA) is 55.7 Å². The van der Waals surface area contributed by atoms with Crippen LogP contribution in [-0.4, -0.2) is 41.3 Å². The number of hydrogen-bond donors (Lipinski definition) is 3. The van der Waals surface area contributed by atoms with E-state index in [1.165, 1.54) is 6.07 Å². The lowest BCUT2D eigenvalue weighted by molar-refractivity contribution is 0.169. The van der Waals surface area contributed by atoms with Crippen LogP contribution in [0.4, 0.5) is 0 Å². The van der Waals surface area contributed by atoms with Crippen LogP contribution in [0.2, 0.25) is 0 Å². The van der Waals surface area contributed by atoms with Crippen molar-refractivity contribution in [2.24, 2.45) is 0 Å². The summed E-state index contributed by atoms with van der Waals surface area (Å²) < 4.78 is 0. The zero-order valence-electron chi connectivity index (χ0n) is 12.2. The number of benzene rings is 1. The second-order valence-electron chi connectivity index (χ2n) is 5.21. The van der Waals surface area contributed by atoms with Gasteiger partial charge in [0.1, 0.15) is 11.5 Å². The Hall–Kier alpha value is -0.940. The summed E-state index contributed by atoms with van der Waals surface area (Å²) in [6, 6.07) is 4.80. The molecule has 2 rings (SSSR count). The van der Waals surface area contributed by atoms with Crippen molar-refractivity contribution in [3.8, 4) is 11.5 Å². The summed E-state index contributed by atoms with van der Waals surface area (Å²) in [5, 5.41) is 23.0. The summed E-state index contributed by atoms with van der Waals surface area (Å²) in [5.41, 5.74) is 1.86. The van der Waals surface area contributed by atoms with Gasteiger partial charge in [0.25, 0.3) is 0 Å². The van der Waals surface area contributed by atoms with Crippen LogP contribution in [0.25, 0.3) is 0 Å². The predicted molar refractivity (Wildman–Crippen MR) is 90.9 cm³/mol. The molecular formula is C15H24Cl2N2O2. The van der Waals surface area contributed by atoms with Gasteiger partial charge in [0, 0.05) is 37.8 Å². The molecule has 1 aliphatic heterocycles. The normalized spacial score (nSPS) is 16.4. The number of nitrogens with one attached hydrogen (secondary N) is 1. The van der Waals surface area contributed by atoms with E-state index in [-0.39, 0.29) is 42.4 Å². The minimum absolute atomic E-state index is 0. The van der Waals surface area contributed by atoms with E-state index >= 15 is 0 Å². The van der Waals surface area contributed by atoms with E-state index in [0.29, 0.717) is 0 Å². The third kappa shape index (κ3) is 5.40. The lowest BCUT2D eigenvalue weighted by Crippen LogP contribution is -2.45. The Morgan fingerprint density at radius 1 is 1.29 bits per heavy atom. The lowest BCUT2D eigenvalue weighted by atomic mass is 9.97. The Kier molecular flexibility index (Phi) is 8.74. The molecule has 1 saturated heterocycles. The zero-order chi connectivity index (χ0) is 13.8. The molecule has 0 aromatic heterocycles. The Labute approximate surface area is 138 Å². The first-order valence-electron chi connectivity index (χ1n) is 6.69. The van der Waals surface area contributed by atoms with Gasteiger partial charge in [-0.25, -0.2) is 0 Å². The van der Waals surface area contributed by atoms with Crippen molar-refractivity contribution in [1.29, 1.82) is 0 Å². The van der Waals surface area contributed by atoms with Crippen molar-refractivity contribution < 1.29 is 10.2 Å². The van der Waals surface area contributed by atoms with Crippen molar-refractivity contribution in [3.63, 3.8) is 0 Å². The zero-order valence-corrected chi connectivity index (χ0v) is 13.8. The molecule has 21 heavy (non-hydrogen) atoms. The van der Waals surface area contributed by atoms with Gasteiger partial charge in [0.2, 0.25) is 0 Å². The summed E-state index contributed by atoms with van der Waals surface area (Å²) in [5.74, 6) is 0.428. The molecule has 0 unspecified atom stereocenters. The predicted octanol–water partition coefficient (Wildman–Crippen LogP) is 2.85. The molecule has 4 nitrogen and oxygen atoms in total. The second-order valence-corrected chi connectivity index (χ2v) is 5.21. The molecule has 1 heterocycles. The van der Waals surface area contributed by atoms with E-state index in [4.69, 9.17) is 0 Å². The van der Waals surface area contributed by atoms with E-state index in [1.54, 1.807) is 12.1 Å². The molecule has 0 aliphatic carbocycles. The molecule has 1 aromatic rings. The fourth-order valence-corrected chi connectivity index (χ4v) is 2.57. The highest BCUT2D eigenvalue weighted by Crippen LogP contribution is 2.35. The molecule has 1 aliphatic rings. The molecule has 120 valence electrons. The van der Waals surface area contributed by atoms with Gasteiger partial charge in [-0.3, -0.25) is 4.90 Å². The van der Waals surface area contributed by atoms with Gasteiger partial charge in [-0.05, 0) is 31.5 Å². The van der Waals surface area contributed by atoms with Crippen LogP contribution in [0.5, 0.6) is 11.5 Å². The summed E-state index contributed by atoms with van der Waals surface area (Å²) in [6.07, 6.45) is 0.789. The maximum atomic E-state index is 10.1. The first-order chi connectivity index (χ1) is 9.08. The van der Waals surface area contributed by atoms with Gasteiger partial charge in [-0.2, -0.15) is 0 Å². The van der Waals surface area contributed by atoms with E-state index in [2.05, 4.69) is 16.8 Å².